The first kappa shape index (κ1) is 23.0. The average Bonchev–Trinajstić information content (AvgIpc) is 3.43. The Morgan fingerprint density at radius 2 is 1.69 bits per heavy atom. The number of primary amides is 1. The number of urea groups is 1. The van der Waals surface area contributed by atoms with Crippen molar-refractivity contribution in [2.24, 2.45) is 11.1 Å². The van der Waals surface area contributed by atoms with Gasteiger partial charge in [0.15, 0.2) is 0 Å². The zero-order valence-electron chi connectivity index (χ0n) is 19.9. The third kappa shape index (κ3) is 3.89. The van der Waals surface area contributed by atoms with Crippen molar-refractivity contribution in [1.82, 2.24) is 14.7 Å². The van der Waals surface area contributed by atoms with Crippen molar-refractivity contribution in [3.8, 4) is 0 Å². The van der Waals surface area contributed by atoms with E-state index in [4.69, 9.17) is 5.73 Å². The van der Waals surface area contributed by atoms with Crippen molar-refractivity contribution in [1.29, 1.82) is 0 Å². The van der Waals surface area contributed by atoms with E-state index in [0.29, 0.717) is 19.4 Å². The van der Waals surface area contributed by atoms with Crippen LogP contribution < -0.4 is 5.73 Å². The number of hydrogen-bond acceptors (Lipinski definition) is 3. The van der Waals surface area contributed by atoms with E-state index in [9.17, 15) is 14.0 Å². The van der Waals surface area contributed by atoms with Gasteiger partial charge in [-0.3, -0.25) is 9.69 Å². The van der Waals surface area contributed by atoms with Crippen LogP contribution in [-0.4, -0.2) is 71.6 Å². The maximum Gasteiger partial charge on any atom is 0.320 e. The molecule has 7 heteroatoms. The largest absolute Gasteiger partial charge is 0.369 e. The van der Waals surface area contributed by atoms with Crippen molar-refractivity contribution in [2.45, 2.75) is 69.1 Å². The van der Waals surface area contributed by atoms with Gasteiger partial charge in [-0.25, -0.2) is 9.18 Å². The van der Waals surface area contributed by atoms with Gasteiger partial charge in [-0.2, -0.15) is 0 Å². The van der Waals surface area contributed by atoms with Crippen LogP contribution in [0.5, 0.6) is 0 Å². The second kappa shape index (κ2) is 7.72. The van der Waals surface area contributed by atoms with Crippen molar-refractivity contribution in [3.05, 3.63) is 35.9 Å². The molecule has 4 rings (SSSR count). The third-order valence-corrected chi connectivity index (χ3v) is 8.22. The lowest BCUT2D eigenvalue weighted by Gasteiger charge is -2.51. The van der Waals surface area contributed by atoms with Gasteiger partial charge in [-0.1, -0.05) is 30.3 Å². The van der Waals surface area contributed by atoms with E-state index in [1.54, 1.807) is 18.7 Å². The summed E-state index contributed by atoms with van der Waals surface area (Å²) >= 11 is 0. The van der Waals surface area contributed by atoms with Crippen LogP contribution in [0.4, 0.5) is 9.18 Å². The molecule has 6 nitrogen and oxygen atoms in total. The molecule has 1 aromatic carbocycles. The van der Waals surface area contributed by atoms with Gasteiger partial charge in [-0.15, -0.1) is 0 Å². The van der Waals surface area contributed by atoms with E-state index >= 15 is 0 Å². The Morgan fingerprint density at radius 3 is 2.19 bits per heavy atom. The van der Waals surface area contributed by atoms with Gasteiger partial charge in [0.1, 0.15) is 5.67 Å². The molecule has 1 heterocycles. The van der Waals surface area contributed by atoms with E-state index < -0.39 is 22.5 Å². The molecule has 3 aliphatic rings. The summed E-state index contributed by atoms with van der Waals surface area (Å²) in [5.74, 6) is -0.429. The van der Waals surface area contributed by atoms with Crippen molar-refractivity contribution in [2.75, 3.05) is 33.7 Å². The number of amides is 3. The maximum atomic E-state index is 14.9. The van der Waals surface area contributed by atoms with E-state index in [1.807, 2.05) is 11.0 Å². The summed E-state index contributed by atoms with van der Waals surface area (Å²) in [5.41, 5.74) is 4.28. The number of rotatable bonds is 7. The van der Waals surface area contributed by atoms with Crippen molar-refractivity contribution in [3.63, 3.8) is 0 Å². The standard InChI is InChI=1S/C25H37FN4O2/c1-22(2,20(27)31)16-29-18-24(30(21(29)32)17-23(26)10-11-23)12-14-25(15-13-24,28(3)4)19-8-6-5-7-9-19/h5-9H,10-18H2,1-4H3,(H2,27,31). The Labute approximate surface area is 190 Å². The molecule has 1 aromatic rings. The van der Waals surface area contributed by atoms with E-state index in [0.717, 1.165) is 25.7 Å². The first-order valence-corrected chi connectivity index (χ1v) is 11.7. The molecule has 0 atom stereocenters. The van der Waals surface area contributed by atoms with Crippen molar-refractivity contribution >= 4 is 11.9 Å². The topological polar surface area (TPSA) is 69.9 Å². The number of carbonyl (C=O) groups is 2. The SMILES string of the molecule is CN(C)C1(c2ccccc2)CCC2(CC1)CN(CC(C)(C)C(N)=O)C(=O)N2CC1(F)CC1. The number of alkyl halides is 1. The molecular weight excluding hydrogens is 407 g/mol. The molecule has 0 unspecified atom stereocenters. The average molecular weight is 445 g/mol. The first-order valence-electron chi connectivity index (χ1n) is 11.7. The smallest absolute Gasteiger partial charge is 0.320 e. The summed E-state index contributed by atoms with van der Waals surface area (Å²) in [5, 5.41) is 0. The van der Waals surface area contributed by atoms with Crippen LogP contribution in [-0.2, 0) is 10.3 Å². The number of nitrogens with zero attached hydrogens (tertiary/aromatic N) is 3. The van der Waals surface area contributed by atoms with Crippen LogP contribution in [0.3, 0.4) is 0 Å². The van der Waals surface area contributed by atoms with Crippen LogP contribution in [0.2, 0.25) is 0 Å². The first-order chi connectivity index (χ1) is 14.9. The second-order valence-corrected chi connectivity index (χ2v) is 11.1. The summed E-state index contributed by atoms with van der Waals surface area (Å²) in [6.45, 7) is 4.47. The Kier molecular flexibility index (Phi) is 5.55. The predicted molar refractivity (Wildman–Crippen MR) is 123 cm³/mol. The second-order valence-electron chi connectivity index (χ2n) is 11.1. The molecule has 2 saturated carbocycles. The fraction of sp³-hybridized carbons (Fsp3) is 0.680. The molecular formula is C25H37FN4O2. The molecule has 32 heavy (non-hydrogen) atoms. The highest BCUT2D eigenvalue weighted by Crippen LogP contribution is 2.51. The van der Waals surface area contributed by atoms with Gasteiger partial charge in [0.05, 0.1) is 17.5 Å². The zero-order valence-corrected chi connectivity index (χ0v) is 19.9. The minimum absolute atomic E-state index is 0.103. The number of carbonyl (C=O) groups excluding carboxylic acids is 2. The third-order valence-electron chi connectivity index (χ3n) is 8.22. The Balaban J connectivity index is 1.61. The highest BCUT2D eigenvalue weighted by Gasteiger charge is 2.58. The number of benzene rings is 1. The van der Waals surface area contributed by atoms with E-state index in [1.165, 1.54) is 5.56 Å². The number of halogens is 1. The molecule has 3 amide bonds. The number of nitrogens with two attached hydrogens (primary N) is 1. The molecule has 2 N–H and O–H groups in total. The van der Waals surface area contributed by atoms with Crippen LogP contribution in [0.1, 0.15) is 57.9 Å². The Morgan fingerprint density at radius 1 is 1.09 bits per heavy atom. The molecule has 3 fully saturated rings. The minimum Gasteiger partial charge on any atom is -0.369 e. The van der Waals surface area contributed by atoms with E-state index in [2.05, 4.69) is 43.3 Å². The summed E-state index contributed by atoms with van der Waals surface area (Å²) in [6.07, 6.45) is 4.42. The molecule has 0 radical (unpaired) electrons. The highest BCUT2D eigenvalue weighted by molar-refractivity contribution is 5.83. The summed E-state index contributed by atoms with van der Waals surface area (Å²) in [4.78, 5) is 31.2. The van der Waals surface area contributed by atoms with Crippen molar-refractivity contribution < 1.29 is 14.0 Å². The zero-order chi connectivity index (χ0) is 23.4. The lowest BCUT2D eigenvalue weighted by molar-refractivity contribution is -0.126. The molecule has 2 aliphatic carbocycles. The predicted octanol–water partition coefficient (Wildman–Crippen LogP) is 3.51. The molecule has 1 aliphatic heterocycles. The molecule has 1 spiro atoms. The van der Waals surface area contributed by atoms with Crippen LogP contribution >= 0.6 is 0 Å². The Bertz CT molecular complexity index is 873. The van der Waals surface area contributed by atoms with Gasteiger partial charge >= 0.3 is 6.03 Å². The fourth-order valence-corrected chi connectivity index (χ4v) is 5.67. The number of hydrogen-bond donors (Lipinski definition) is 1. The molecule has 0 bridgehead atoms. The highest BCUT2D eigenvalue weighted by atomic mass is 19.1. The van der Waals surface area contributed by atoms with Gasteiger partial charge < -0.3 is 15.5 Å². The van der Waals surface area contributed by atoms with Crippen LogP contribution in [0.25, 0.3) is 0 Å². The quantitative estimate of drug-likeness (QED) is 0.700. The van der Waals surface area contributed by atoms with Crippen LogP contribution in [0, 0.1) is 5.41 Å². The van der Waals surface area contributed by atoms with Gasteiger partial charge in [0, 0.05) is 18.6 Å². The molecule has 1 saturated heterocycles. The maximum absolute atomic E-state index is 14.9. The minimum atomic E-state index is -1.26. The monoisotopic (exact) mass is 444 g/mol. The summed E-state index contributed by atoms with van der Waals surface area (Å²) in [7, 11) is 4.23. The van der Waals surface area contributed by atoms with Gasteiger partial charge in [0.2, 0.25) is 5.91 Å². The lowest BCUT2D eigenvalue weighted by Crippen LogP contribution is -2.56. The lowest BCUT2D eigenvalue weighted by atomic mass is 9.68. The van der Waals surface area contributed by atoms with Gasteiger partial charge in [-0.05, 0) is 72.0 Å². The fourth-order valence-electron chi connectivity index (χ4n) is 5.67. The Hall–Kier alpha value is -2.15. The summed E-state index contributed by atoms with van der Waals surface area (Å²) in [6, 6.07) is 10.4. The van der Waals surface area contributed by atoms with Gasteiger partial charge in [0.25, 0.3) is 0 Å². The normalized spacial score (nSPS) is 29.8. The summed E-state index contributed by atoms with van der Waals surface area (Å²) < 4.78 is 14.9. The van der Waals surface area contributed by atoms with E-state index in [-0.39, 0.29) is 24.7 Å². The molecule has 0 aromatic heterocycles. The molecule has 176 valence electrons. The van der Waals surface area contributed by atoms with Crippen LogP contribution in [0.15, 0.2) is 30.3 Å².